The molecule has 0 aromatic heterocycles. The minimum atomic E-state index is -0.673. The van der Waals surface area contributed by atoms with E-state index >= 15 is 0 Å². The van der Waals surface area contributed by atoms with E-state index in [0.29, 0.717) is 18.6 Å². The van der Waals surface area contributed by atoms with Crippen molar-refractivity contribution in [2.45, 2.75) is 157 Å². The summed E-state index contributed by atoms with van der Waals surface area (Å²) < 4.78 is 10.9. The van der Waals surface area contributed by atoms with Gasteiger partial charge in [-0.05, 0) is 94.2 Å². The summed E-state index contributed by atoms with van der Waals surface area (Å²) in [5, 5.41) is 12.8. The second-order valence-electron chi connectivity index (χ2n) is 14.0. The molecular weight excluding hydrogens is 542 g/mol. The van der Waals surface area contributed by atoms with Crippen molar-refractivity contribution >= 4 is 17.8 Å². The van der Waals surface area contributed by atoms with Crippen molar-refractivity contribution in [1.82, 2.24) is 5.32 Å². The van der Waals surface area contributed by atoms with Gasteiger partial charge in [0.25, 0.3) is 0 Å². The van der Waals surface area contributed by atoms with E-state index < -0.39 is 18.0 Å². The van der Waals surface area contributed by atoms with E-state index in [-0.39, 0.29) is 11.5 Å². The maximum Gasteiger partial charge on any atom is 0.336 e. The van der Waals surface area contributed by atoms with Crippen molar-refractivity contribution in [2.24, 2.45) is 17.8 Å². The molecule has 0 aliphatic carbocycles. The zero-order valence-corrected chi connectivity index (χ0v) is 28.5. The highest BCUT2D eigenvalue weighted by Gasteiger charge is 2.34. The van der Waals surface area contributed by atoms with Gasteiger partial charge in [0, 0.05) is 18.9 Å². The number of ether oxygens (including phenoxy) is 2. The Kier molecular flexibility index (Phi) is 14.5. The van der Waals surface area contributed by atoms with Crippen LogP contribution in [0.4, 0.5) is 0 Å². The fourth-order valence-electron chi connectivity index (χ4n) is 6.28. The summed E-state index contributed by atoms with van der Waals surface area (Å²) in [5.41, 5.74) is 4.23. The molecule has 4 atom stereocenters. The van der Waals surface area contributed by atoms with Gasteiger partial charge in [-0.3, -0.25) is 9.59 Å². The lowest BCUT2D eigenvalue weighted by Crippen LogP contribution is -2.37. The van der Waals surface area contributed by atoms with Gasteiger partial charge in [0.15, 0.2) is 0 Å². The number of carbonyl (C=O) groups excluding carboxylic acids is 3. The van der Waals surface area contributed by atoms with E-state index in [9.17, 15) is 19.5 Å². The molecule has 0 radical (unpaired) electrons. The molecule has 1 amide bonds. The van der Waals surface area contributed by atoms with Gasteiger partial charge in [-0.15, -0.1) is 0 Å². The number of rotatable bonds is 13. The van der Waals surface area contributed by atoms with Gasteiger partial charge in [0.2, 0.25) is 5.91 Å². The van der Waals surface area contributed by atoms with E-state index in [1.807, 2.05) is 13.8 Å². The number of esters is 2. The van der Waals surface area contributed by atoms with Crippen molar-refractivity contribution in [2.75, 3.05) is 0 Å². The summed E-state index contributed by atoms with van der Waals surface area (Å²) in [6.45, 7) is 19.1. The third-order valence-corrected chi connectivity index (χ3v) is 9.39. The molecule has 43 heavy (non-hydrogen) atoms. The number of benzene rings is 1. The number of aromatic hydroxyl groups is 1. The number of amides is 1. The van der Waals surface area contributed by atoms with Gasteiger partial charge < -0.3 is 19.9 Å². The molecular formula is C36H59NO6. The topological polar surface area (TPSA) is 102 Å². The molecule has 7 nitrogen and oxygen atoms in total. The van der Waals surface area contributed by atoms with Gasteiger partial charge in [0.05, 0.1) is 0 Å². The second kappa shape index (κ2) is 17.1. The Hall–Kier alpha value is -2.57. The van der Waals surface area contributed by atoms with Gasteiger partial charge in [-0.25, -0.2) is 4.79 Å². The molecule has 0 spiro atoms. The molecule has 7 heteroatoms. The predicted molar refractivity (Wildman–Crippen MR) is 172 cm³/mol. The van der Waals surface area contributed by atoms with Crippen molar-refractivity contribution < 1.29 is 29.0 Å². The first-order chi connectivity index (χ1) is 20.1. The largest absolute Gasteiger partial charge is 0.507 e. The van der Waals surface area contributed by atoms with Crippen molar-refractivity contribution in [3.63, 3.8) is 0 Å². The maximum absolute atomic E-state index is 10.9. The molecule has 244 valence electrons. The monoisotopic (exact) mass is 601 g/mol. The molecule has 2 aliphatic rings. The SMILES string of the molecule is CC(=O)OC(=O)C1CCC(=O)N1.Cc1c(C)c2c(c(C)c1O)CC[C@@](C)(CCCC(C)CCCC(C)CCCC(C)C)O2. The lowest BCUT2D eigenvalue weighted by molar-refractivity contribution is -0.159. The smallest absolute Gasteiger partial charge is 0.336 e. The number of phenols is 1. The Morgan fingerprint density at radius 1 is 0.930 bits per heavy atom. The number of fused-ring (bicyclic) bond motifs is 1. The molecule has 1 aromatic carbocycles. The standard InChI is InChI=1S/C29H50O2.C7H9NO4/c1-20(2)12-9-13-21(3)14-10-15-22(4)16-11-18-29(8)19-17-26-25(7)27(30)23(5)24(6)28(26)31-29;1-4(9)12-7(11)5-2-3-6(10)8-5/h20-22,30H,9-19H2,1-8H3;5H,2-3H2,1H3,(H,8,10)/t21?,22?,29-;/m1./s1. The van der Waals surface area contributed by atoms with Gasteiger partial charge in [0.1, 0.15) is 23.1 Å². The van der Waals surface area contributed by atoms with Crippen LogP contribution in [0.5, 0.6) is 11.5 Å². The van der Waals surface area contributed by atoms with Crippen LogP contribution in [-0.2, 0) is 25.5 Å². The Bertz CT molecular complexity index is 1100. The molecule has 3 unspecified atom stereocenters. The third kappa shape index (κ3) is 11.8. The highest BCUT2D eigenvalue weighted by atomic mass is 16.6. The van der Waals surface area contributed by atoms with E-state index in [0.717, 1.165) is 66.4 Å². The van der Waals surface area contributed by atoms with Crippen LogP contribution in [0.15, 0.2) is 0 Å². The molecule has 2 aliphatic heterocycles. The number of hydrogen-bond acceptors (Lipinski definition) is 6. The number of hydrogen-bond donors (Lipinski definition) is 2. The first kappa shape index (κ1) is 36.6. The van der Waals surface area contributed by atoms with Gasteiger partial charge in [-0.1, -0.05) is 72.6 Å². The van der Waals surface area contributed by atoms with Crippen LogP contribution in [-0.4, -0.2) is 34.6 Å². The van der Waals surface area contributed by atoms with Crippen molar-refractivity contribution in [1.29, 1.82) is 0 Å². The molecule has 3 rings (SSSR count). The summed E-state index contributed by atoms with van der Waals surface area (Å²) in [6, 6.07) is -0.638. The quantitative estimate of drug-likeness (QED) is 0.175. The van der Waals surface area contributed by atoms with Crippen LogP contribution in [0, 0.1) is 38.5 Å². The summed E-state index contributed by atoms with van der Waals surface area (Å²) in [6.07, 6.45) is 14.8. The first-order valence-corrected chi connectivity index (χ1v) is 16.7. The predicted octanol–water partition coefficient (Wildman–Crippen LogP) is 8.19. The van der Waals surface area contributed by atoms with Gasteiger partial charge >= 0.3 is 11.9 Å². The lowest BCUT2D eigenvalue weighted by Gasteiger charge is -2.38. The normalized spacial score (nSPS) is 20.8. The average Bonchev–Trinajstić information content (AvgIpc) is 3.37. The Morgan fingerprint density at radius 3 is 2.05 bits per heavy atom. The fourth-order valence-corrected chi connectivity index (χ4v) is 6.28. The minimum Gasteiger partial charge on any atom is -0.507 e. The molecule has 1 saturated heterocycles. The zero-order chi connectivity index (χ0) is 32.3. The summed E-state index contributed by atoms with van der Waals surface area (Å²) in [7, 11) is 0. The maximum atomic E-state index is 10.9. The van der Waals surface area contributed by atoms with E-state index in [1.54, 1.807) is 0 Å². The van der Waals surface area contributed by atoms with Crippen LogP contribution in [0.2, 0.25) is 0 Å². The highest BCUT2D eigenvalue weighted by Crippen LogP contribution is 2.44. The molecule has 0 bridgehead atoms. The molecule has 1 aromatic rings. The van der Waals surface area contributed by atoms with Crippen LogP contribution in [0.3, 0.4) is 0 Å². The second-order valence-corrected chi connectivity index (χ2v) is 14.0. The Labute approximate surface area is 260 Å². The number of carbonyl (C=O) groups is 3. The molecule has 2 N–H and O–H groups in total. The first-order valence-electron chi connectivity index (χ1n) is 16.7. The van der Waals surface area contributed by atoms with Crippen molar-refractivity contribution in [3.8, 4) is 11.5 Å². The number of phenolic OH excluding ortho intramolecular Hbond substituents is 1. The lowest BCUT2D eigenvalue weighted by atomic mass is 9.84. The fraction of sp³-hybridized carbons (Fsp3) is 0.750. The van der Waals surface area contributed by atoms with E-state index in [1.165, 1.54) is 56.9 Å². The summed E-state index contributed by atoms with van der Waals surface area (Å²) in [4.78, 5) is 31.9. The summed E-state index contributed by atoms with van der Waals surface area (Å²) in [5.74, 6) is 2.53. The van der Waals surface area contributed by atoms with E-state index in [2.05, 4.69) is 51.6 Å². The molecule has 0 saturated carbocycles. The Morgan fingerprint density at radius 2 is 1.51 bits per heavy atom. The third-order valence-electron chi connectivity index (χ3n) is 9.39. The summed E-state index contributed by atoms with van der Waals surface area (Å²) >= 11 is 0. The molecule has 1 fully saturated rings. The number of nitrogens with one attached hydrogen (secondary N) is 1. The highest BCUT2D eigenvalue weighted by molar-refractivity contribution is 5.92. The minimum absolute atomic E-state index is 0.0712. The van der Waals surface area contributed by atoms with Crippen LogP contribution in [0.1, 0.15) is 141 Å². The van der Waals surface area contributed by atoms with Crippen LogP contribution in [0.25, 0.3) is 0 Å². The zero-order valence-electron chi connectivity index (χ0n) is 28.5. The van der Waals surface area contributed by atoms with E-state index in [4.69, 9.17) is 4.74 Å². The molecule has 2 heterocycles. The Balaban J connectivity index is 0.000000448. The van der Waals surface area contributed by atoms with Gasteiger partial charge in [-0.2, -0.15) is 0 Å². The van der Waals surface area contributed by atoms with Crippen LogP contribution < -0.4 is 10.1 Å². The van der Waals surface area contributed by atoms with Crippen LogP contribution >= 0.6 is 0 Å². The average molecular weight is 602 g/mol. The van der Waals surface area contributed by atoms with Crippen molar-refractivity contribution in [3.05, 3.63) is 22.3 Å².